The van der Waals surface area contributed by atoms with Crippen LogP contribution in [0.5, 0.6) is 5.75 Å². The number of carbonyl (C=O) groups excluding carboxylic acids is 1. The number of nitrogens with zero attached hydrogens (tertiary/aromatic N) is 6. The number of thiophene rings is 1. The van der Waals surface area contributed by atoms with E-state index in [-0.39, 0.29) is 11.8 Å². The van der Waals surface area contributed by atoms with Gasteiger partial charge in [0.15, 0.2) is 0 Å². The Morgan fingerprint density at radius 2 is 1.55 bits per heavy atom. The highest BCUT2D eigenvalue weighted by atomic mass is 32.1. The van der Waals surface area contributed by atoms with Crippen molar-refractivity contribution in [2.24, 2.45) is 0 Å². The number of alkyl halides is 3. The summed E-state index contributed by atoms with van der Waals surface area (Å²) in [5, 5.41) is 3.72. The van der Waals surface area contributed by atoms with E-state index in [2.05, 4.69) is 72.1 Å². The summed E-state index contributed by atoms with van der Waals surface area (Å²) in [7, 11) is 2.15. The third-order valence-electron chi connectivity index (χ3n) is 7.53. The number of aromatic nitrogens is 2. The number of amides is 2. The van der Waals surface area contributed by atoms with Crippen molar-refractivity contribution in [3.8, 4) is 16.2 Å². The molecule has 0 radical (unpaired) electrons. The van der Waals surface area contributed by atoms with E-state index in [0.717, 1.165) is 52.7 Å². The molecule has 9 nitrogen and oxygen atoms in total. The third-order valence-corrected chi connectivity index (χ3v) is 8.63. The van der Waals surface area contributed by atoms with Crippen molar-refractivity contribution >= 4 is 44.8 Å². The standard InChI is InChI=1S/C29H30F3N7O2S/c1-36-10-12-37(13-11-36)22-6-2-20(3-7-22)25-18-24-26(33-19-34-27(24)42-25)38-14-16-39(17-15-38)28(40)35-21-4-8-23(9-5-21)41-29(30,31)32/h2-9,18-19H,10-17H2,1H3,(H,35,40). The fourth-order valence-electron chi connectivity index (χ4n) is 5.20. The molecule has 2 aromatic heterocycles. The summed E-state index contributed by atoms with van der Waals surface area (Å²) in [6, 6.07) is 15.6. The van der Waals surface area contributed by atoms with Crippen LogP contribution in [0.2, 0.25) is 0 Å². The molecule has 42 heavy (non-hydrogen) atoms. The summed E-state index contributed by atoms with van der Waals surface area (Å²) in [5.41, 5.74) is 2.76. The number of piperazine rings is 2. The van der Waals surface area contributed by atoms with Crippen LogP contribution in [0.4, 0.5) is 35.2 Å². The first-order chi connectivity index (χ1) is 20.2. The van der Waals surface area contributed by atoms with Crippen LogP contribution in [0, 0.1) is 0 Å². The summed E-state index contributed by atoms with van der Waals surface area (Å²) >= 11 is 1.64. The van der Waals surface area contributed by atoms with Gasteiger partial charge in [-0.3, -0.25) is 0 Å². The molecule has 0 unspecified atom stereocenters. The van der Waals surface area contributed by atoms with E-state index in [9.17, 15) is 18.0 Å². The minimum Gasteiger partial charge on any atom is -0.406 e. The molecule has 2 aromatic carbocycles. The molecule has 0 spiro atoms. The number of urea groups is 1. The van der Waals surface area contributed by atoms with Gasteiger partial charge in [0, 0.05) is 68.6 Å². The first-order valence-corrected chi connectivity index (χ1v) is 14.5. The van der Waals surface area contributed by atoms with E-state index in [4.69, 9.17) is 0 Å². The Morgan fingerprint density at radius 3 is 2.21 bits per heavy atom. The summed E-state index contributed by atoms with van der Waals surface area (Å²) in [4.78, 5) is 32.5. The Morgan fingerprint density at radius 1 is 0.881 bits per heavy atom. The molecule has 0 aliphatic carbocycles. The number of halogens is 3. The van der Waals surface area contributed by atoms with Gasteiger partial charge in [-0.25, -0.2) is 14.8 Å². The minimum absolute atomic E-state index is 0.315. The van der Waals surface area contributed by atoms with Crippen LogP contribution in [0.1, 0.15) is 0 Å². The first kappa shape index (κ1) is 28.0. The lowest BCUT2D eigenvalue weighted by molar-refractivity contribution is -0.274. The molecule has 13 heteroatoms. The molecule has 220 valence electrons. The maximum Gasteiger partial charge on any atom is 0.573 e. The van der Waals surface area contributed by atoms with Crippen LogP contribution < -0.4 is 19.9 Å². The van der Waals surface area contributed by atoms with Crippen molar-refractivity contribution < 1.29 is 22.7 Å². The quantitative estimate of drug-likeness (QED) is 0.332. The molecule has 4 aromatic rings. The lowest BCUT2D eigenvalue weighted by Gasteiger charge is -2.35. The number of anilines is 3. The Balaban J connectivity index is 1.08. The molecular formula is C29H30F3N7O2S. The van der Waals surface area contributed by atoms with Crippen molar-refractivity contribution in [1.82, 2.24) is 19.8 Å². The van der Waals surface area contributed by atoms with Crippen LogP contribution in [0.3, 0.4) is 0 Å². The average Bonchev–Trinajstić information content (AvgIpc) is 3.43. The maximum atomic E-state index is 12.8. The molecule has 1 N–H and O–H groups in total. The fourth-order valence-corrected chi connectivity index (χ4v) is 6.20. The summed E-state index contributed by atoms with van der Waals surface area (Å²) in [5.74, 6) is 0.501. The molecule has 2 amide bonds. The first-order valence-electron chi connectivity index (χ1n) is 13.7. The van der Waals surface area contributed by atoms with E-state index >= 15 is 0 Å². The number of ether oxygens (including phenoxy) is 1. The van der Waals surface area contributed by atoms with Crippen molar-refractivity contribution in [2.75, 3.05) is 74.5 Å². The molecule has 0 saturated carbocycles. The number of carbonyl (C=O) groups is 1. The van der Waals surface area contributed by atoms with Gasteiger partial charge in [-0.15, -0.1) is 24.5 Å². The minimum atomic E-state index is -4.76. The summed E-state index contributed by atoms with van der Waals surface area (Å²) in [6.45, 7) is 6.30. The van der Waals surface area contributed by atoms with Crippen LogP contribution >= 0.6 is 11.3 Å². The zero-order valence-corrected chi connectivity index (χ0v) is 23.8. The molecule has 2 aliphatic rings. The smallest absolute Gasteiger partial charge is 0.406 e. The number of rotatable bonds is 5. The molecule has 0 bridgehead atoms. The van der Waals surface area contributed by atoms with E-state index in [1.54, 1.807) is 22.6 Å². The second-order valence-corrected chi connectivity index (χ2v) is 11.4. The third kappa shape index (κ3) is 6.36. The summed E-state index contributed by atoms with van der Waals surface area (Å²) in [6.07, 6.45) is -3.18. The van der Waals surface area contributed by atoms with E-state index in [1.807, 2.05) is 0 Å². The molecule has 2 fully saturated rings. The Kier molecular flexibility index (Phi) is 7.78. The highest BCUT2D eigenvalue weighted by Gasteiger charge is 2.31. The lowest BCUT2D eigenvalue weighted by Crippen LogP contribution is -2.50. The molecule has 2 saturated heterocycles. The van der Waals surface area contributed by atoms with Gasteiger partial charge in [0.2, 0.25) is 0 Å². The predicted octanol–water partition coefficient (Wildman–Crippen LogP) is 5.36. The number of fused-ring (bicyclic) bond motifs is 1. The van der Waals surface area contributed by atoms with Crippen LogP contribution in [0.25, 0.3) is 20.7 Å². The van der Waals surface area contributed by atoms with Gasteiger partial charge in [-0.05, 0) is 55.1 Å². The second kappa shape index (κ2) is 11.6. The Bertz CT molecular complexity index is 1530. The molecule has 0 atom stereocenters. The second-order valence-electron chi connectivity index (χ2n) is 10.3. The van der Waals surface area contributed by atoms with Gasteiger partial charge in [0.05, 0.1) is 5.39 Å². The predicted molar refractivity (Wildman–Crippen MR) is 158 cm³/mol. The van der Waals surface area contributed by atoms with Gasteiger partial charge in [-0.1, -0.05) is 12.1 Å². The molecule has 6 rings (SSSR count). The number of likely N-dealkylation sites (N-methyl/N-ethyl adjacent to an activating group) is 1. The molecular weight excluding hydrogens is 567 g/mol. The van der Waals surface area contributed by atoms with E-state index in [0.29, 0.717) is 31.9 Å². The Hall–Kier alpha value is -4.10. The van der Waals surface area contributed by atoms with Crippen LogP contribution in [-0.2, 0) is 0 Å². The molecule has 2 aliphatic heterocycles. The number of hydrogen-bond donors (Lipinski definition) is 1. The number of nitrogens with one attached hydrogen (secondary N) is 1. The monoisotopic (exact) mass is 597 g/mol. The zero-order valence-electron chi connectivity index (χ0n) is 23.0. The SMILES string of the molecule is CN1CCN(c2ccc(-c3cc4c(N5CCN(C(=O)Nc6ccc(OC(F)(F)F)cc6)CC5)ncnc4s3)cc2)CC1. The van der Waals surface area contributed by atoms with Crippen molar-refractivity contribution in [3.05, 3.63) is 60.9 Å². The van der Waals surface area contributed by atoms with Crippen molar-refractivity contribution in [1.29, 1.82) is 0 Å². The van der Waals surface area contributed by atoms with Gasteiger partial charge in [0.1, 0.15) is 22.7 Å². The number of benzene rings is 2. The van der Waals surface area contributed by atoms with Gasteiger partial charge >= 0.3 is 12.4 Å². The van der Waals surface area contributed by atoms with E-state index in [1.165, 1.54) is 30.0 Å². The van der Waals surface area contributed by atoms with Crippen molar-refractivity contribution in [3.63, 3.8) is 0 Å². The van der Waals surface area contributed by atoms with E-state index < -0.39 is 6.36 Å². The highest BCUT2D eigenvalue weighted by Crippen LogP contribution is 2.37. The van der Waals surface area contributed by atoms with Crippen LogP contribution in [0.15, 0.2) is 60.9 Å². The van der Waals surface area contributed by atoms with Crippen molar-refractivity contribution in [2.45, 2.75) is 6.36 Å². The van der Waals surface area contributed by atoms with Crippen LogP contribution in [-0.4, -0.2) is 91.6 Å². The summed E-state index contributed by atoms with van der Waals surface area (Å²) < 4.78 is 41.0. The fraction of sp³-hybridized carbons (Fsp3) is 0.345. The number of hydrogen-bond acceptors (Lipinski definition) is 8. The normalized spacial score (nSPS) is 16.6. The van der Waals surface area contributed by atoms with Gasteiger partial charge in [0.25, 0.3) is 0 Å². The largest absolute Gasteiger partial charge is 0.573 e. The average molecular weight is 598 g/mol. The Labute approximate surface area is 245 Å². The molecule has 4 heterocycles. The topological polar surface area (TPSA) is 77.1 Å². The lowest BCUT2D eigenvalue weighted by atomic mass is 10.1. The maximum absolute atomic E-state index is 12.8. The van der Waals surface area contributed by atoms with Gasteiger partial charge in [-0.2, -0.15) is 0 Å². The van der Waals surface area contributed by atoms with Gasteiger partial charge < -0.3 is 29.7 Å². The highest BCUT2D eigenvalue weighted by molar-refractivity contribution is 7.21. The zero-order chi connectivity index (χ0) is 29.3.